The Morgan fingerprint density at radius 2 is 2.08 bits per heavy atom. The second-order valence-electron chi connectivity index (χ2n) is 3.01. The zero-order chi connectivity index (χ0) is 9.42. The van der Waals surface area contributed by atoms with E-state index in [1.165, 1.54) is 0 Å². The van der Waals surface area contributed by atoms with Crippen LogP contribution in [-0.4, -0.2) is 10.2 Å². The van der Waals surface area contributed by atoms with Gasteiger partial charge in [0, 0.05) is 10.9 Å². The third-order valence-corrected chi connectivity index (χ3v) is 2.09. The molecule has 0 fully saturated rings. The first-order valence-corrected chi connectivity index (χ1v) is 4.03. The fourth-order valence-corrected chi connectivity index (χ4v) is 1.49. The third kappa shape index (κ3) is 1.22. The molecule has 0 bridgehead atoms. The third-order valence-electron chi connectivity index (χ3n) is 2.09. The molecule has 2 aromatic rings. The molecule has 1 aromatic carbocycles. The minimum Gasteiger partial charge on any atom is -0.464 e. The number of hydrogen-bond acceptors (Lipinski definition) is 3. The van der Waals surface area contributed by atoms with Gasteiger partial charge in [0.2, 0.25) is 0 Å². The Labute approximate surface area is 75.2 Å². The number of benzene rings is 1. The lowest BCUT2D eigenvalue weighted by atomic mass is 10.1. The van der Waals surface area contributed by atoms with Gasteiger partial charge in [0.1, 0.15) is 5.58 Å². The van der Waals surface area contributed by atoms with Crippen LogP contribution in [0.1, 0.15) is 17.4 Å². The van der Waals surface area contributed by atoms with E-state index < -0.39 is 6.29 Å². The topological polar surface area (TPSA) is 53.6 Å². The molecular formula is C10H10O3. The summed E-state index contributed by atoms with van der Waals surface area (Å²) in [5, 5.41) is 18.9. The van der Waals surface area contributed by atoms with Crippen molar-refractivity contribution < 1.29 is 14.6 Å². The molecule has 0 radical (unpaired) electrons. The van der Waals surface area contributed by atoms with Crippen LogP contribution in [-0.2, 0) is 0 Å². The summed E-state index contributed by atoms with van der Waals surface area (Å²) in [5.74, 6) is 0. The molecule has 0 amide bonds. The Balaban J connectivity index is 2.80. The number of hydrogen-bond donors (Lipinski definition) is 2. The van der Waals surface area contributed by atoms with Crippen molar-refractivity contribution in [3.05, 3.63) is 35.6 Å². The highest BCUT2D eigenvalue weighted by Gasteiger charge is 2.11. The number of aliphatic hydroxyl groups is 2. The van der Waals surface area contributed by atoms with Crippen molar-refractivity contribution >= 4 is 11.0 Å². The minimum atomic E-state index is -1.44. The Morgan fingerprint density at radius 1 is 1.31 bits per heavy atom. The Bertz CT molecular complexity index is 429. The zero-order valence-electron chi connectivity index (χ0n) is 7.19. The number of fused-ring (bicyclic) bond motifs is 1. The van der Waals surface area contributed by atoms with E-state index in [1.807, 2.05) is 6.92 Å². The first kappa shape index (κ1) is 8.29. The summed E-state index contributed by atoms with van der Waals surface area (Å²) >= 11 is 0. The van der Waals surface area contributed by atoms with Crippen LogP contribution in [0.2, 0.25) is 0 Å². The summed E-state index contributed by atoms with van der Waals surface area (Å²) in [6, 6.07) is 5.21. The lowest BCUT2D eigenvalue weighted by molar-refractivity contribution is -0.0413. The monoisotopic (exact) mass is 178 g/mol. The summed E-state index contributed by atoms with van der Waals surface area (Å²) < 4.78 is 5.22. The van der Waals surface area contributed by atoms with Gasteiger partial charge in [-0.05, 0) is 18.6 Å². The van der Waals surface area contributed by atoms with Gasteiger partial charge in [-0.25, -0.2) is 0 Å². The highest BCUT2D eigenvalue weighted by Crippen LogP contribution is 2.27. The van der Waals surface area contributed by atoms with Crippen LogP contribution < -0.4 is 0 Å². The molecule has 0 saturated heterocycles. The fraction of sp³-hybridized carbons (Fsp3) is 0.200. The molecule has 68 valence electrons. The van der Waals surface area contributed by atoms with Crippen LogP contribution in [0, 0.1) is 6.92 Å². The Morgan fingerprint density at radius 3 is 2.77 bits per heavy atom. The average molecular weight is 178 g/mol. The van der Waals surface area contributed by atoms with Gasteiger partial charge in [-0.3, -0.25) is 0 Å². The normalized spacial score (nSPS) is 11.4. The maximum Gasteiger partial charge on any atom is 0.179 e. The molecule has 0 unspecified atom stereocenters. The fourth-order valence-electron chi connectivity index (χ4n) is 1.49. The molecule has 0 aliphatic heterocycles. The molecule has 0 atom stereocenters. The van der Waals surface area contributed by atoms with Crippen molar-refractivity contribution in [2.75, 3.05) is 0 Å². The SMILES string of the molecule is Cc1coc2cccc(C(O)O)c12. The zero-order valence-corrected chi connectivity index (χ0v) is 7.19. The van der Waals surface area contributed by atoms with E-state index in [-0.39, 0.29) is 0 Å². The number of rotatable bonds is 1. The van der Waals surface area contributed by atoms with Gasteiger partial charge in [0.15, 0.2) is 6.29 Å². The van der Waals surface area contributed by atoms with Crippen LogP contribution in [0.15, 0.2) is 28.9 Å². The van der Waals surface area contributed by atoms with Crippen LogP contribution in [0.25, 0.3) is 11.0 Å². The molecule has 1 aromatic heterocycles. The van der Waals surface area contributed by atoms with E-state index in [4.69, 9.17) is 14.6 Å². The maximum absolute atomic E-state index is 9.08. The van der Waals surface area contributed by atoms with Crippen molar-refractivity contribution in [3.63, 3.8) is 0 Å². The molecule has 13 heavy (non-hydrogen) atoms. The lowest BCUT2D eigenvalue weighted by Crippen LogP contribution is -1.95. The van der Waals surface area contributed by atoms with Gasteiger partial charge < -0.3 is 14.6 Å². The standard InChI is InChI=1S/C10H10O3/c1-6-5-13-8-4-2-3-7(9(6)8)10(11)12/h2-5,10-12H,1H3. The van der Waals surface area contributed by atoms with Gasteiger partial charge in [0.25, 0.3) is 0 Å². The van der Waals surface area contributed by atoms with Crippen LogP contribution >= 0.6 is 0 Å². The summed E-state index contributed by atoms with van der Waals surface area (Å²) in [6.45, 7) is 1.87. The van der Waals surface area contributed by atoms with E-state index in [9.17, 15) is 0 Å². The van der Waals surface area contributed by atoms with E-state index >= 15 is 0 Å². The first-order valence-electron chi connectivity index (χ1n) is 4.03. The second kappa shape index (κ2) is 2.87. The number of furan rings is 1. The van der Waals surface area contributed by atoms with Gasteiger partial charge in [-0.2, -0.15) is 0 Å². The number of aliphatic hydroxyl groups excluding tert-OH is 1. The molecular weight excluding hydrogens is 168 g/mol. The predicted molar refractivity (Wildman–Crippen MR) is 48.1 cm³/mol. The molecule has 2 N–H and O–H groups in total. The van der Waals surface area contributed by atoms with Gasteiger partial charge in [0.05, 0.1) is 6.26 Å². The summed E-state index contributed by atoms with van der Waals surface area (Å²) in [4.78, 5) is 0. The van der Waals surface area contributed by atoms with Crippen LogP contribution in [0.3, 0.4) is 0 Å². The van der Waals surface area contributed by atoms with Gasteiger partial charge in [-0.1, -0.05) is 12.1 Å². The largest absolute Gasteiger partial charge is 0.464 e. The molecule has 0 aliphatic rings. The summed E-state index contributed by atoms with van der Waals surface area (Å²) in [5.41, 5.74) is 2.09. The van der Waals surface area contributed by atoms with Gasteiger partial charge >= 0.3 is 0 Å². The first-order chi connectivity index (χ1) is 6.20. The maximum atomic E-state index is 9.08. The molecule has 1 heterocycles. The number of aryl methyl sites for hydroxylation is 1. The highest BCUT2D eigenvalue weighted by atomic mass is 16.5. The predicted octanol–water partition coefficient (Wildman–Crippen LogP) is 1.72. The molecule has 3 heteroatoms. The Hall–Kier alpha value is -1.32. The Kier molecular flexibility index (Phi) is 1.83. The summed E-state index contributed by atoms with van der Waals surface area (Å²) in [6.07, 6.45) is 0.163. The van der Waals surface area contributed by atoms with E-state index in [1.54, 1.807) is 24.5 Å². The average Bonchev–Trinajstić information content (AvgIpc) is 2.48. The van der Waals surface area contributed by atoms with Crippen molar-refractivity contribution in [1.82, 2.24) is 0 Å². The smallest absolute Gasteiger partial charge is 0.179 e. The van der Waals surface area contributed by atoms with Crippen molar-refractivity contribution in [2.24, 2.45) is 0 Å². The van der Waals surface area contributed by atoms with Gasteiger partial charge in [-0.15, -0.1) is 0 Å². The van der Waals surface area contributed by atoms with Crippen molar-refractivity contribution in [1.29, 1.82) is 0 Å². The molecule has 3 nitrogen and oxygen atoms in total. The van der Waals surface area contributed by atoms with E-state index in [0.29, 0.717) is 11.1 Å². The van der Waals surface area contributed by atoms with Crippen LogP contribution in [0.4, 0.5) is 0 Å². The molecule has 0 spiro atoms. The van der Waals surface area contributed by atoms with E-state index in [2.05, 4.69) is 0 Å². The summed E-state index contributed by atoms with van der Waals surface area (Å²) in [7, 11) is 0. The van der Waals surface area contributed by atoms with Crippen LogP contribution in [0.5, 0.6) is 0 Å². The minimum absolute atomic E-state index is 0.490. The highest BCUT2D eigenvalue weighted by molar-refractivity contribution is 5.84. The quantitative estimate of drug-likeness (QED) is 0.654. The molecule has 0 saturated carbocycles. The molecule has 0 aliphatic carbocycles. The molecule has 2 rings (SSSR count). The van der Waals surface area contributed by atoms with Crippen molar-refractivity contribution in [2.45, 2.75) is 13.2 Å². The lowest BCUT2D eigenvalue weighted by Gasteiger charge is -2.04. The van der Waals surface area contributed by atoms with E-state index in [0.717, 1.165) is 10.9 Å². The second-order valence-corrected chi connectivity index (χ2v) is 3.01. The van der Waals surface area contributed by atoms with Crippen molar-refractivity contribution in [3.8, 4) is 0 Å².